The van der Waals surface area contributed by atoms with Gasteiger partial charge in [-0.2, -0.15) is 18.2 Å². The molecule has 33 heavy (non-hydrogen) atoms. The number of amides is 1. The maximum atomic E-state index is 13.0. The van der Waals surface area contributed by atoms with Crippen LogP contribution in [-0.4, -0.2) is 59.1 Å². The molecule has 1 aromatic heterocycles. The molecule has 0 N–H and O–H groups in total. The van der Waals surface area contributed by atoms with Gasteiger partial charge in [-0.15, -0.1) is 0 Å². The molecule has 0 aliphatic carbocycles. The van der Waals surface area contributed by atoms with Crippen molar-refractivity contribution in [3.8, 4) is 17.1 Å². The maximum absolute atomic E-state index is 13.0. The molecular weight excluding hydrogens is 437 g/mol. The van der Waals surface area contributed by atoms with E-state index in [1.807, 2.05) is 13.0 Å². The van der Waals surface area contributed by atoms with Crippen molar-refractivity contribution < 1.29 is 27.2 Å². The molecule has 1 atom stereocenters. The molecule has 1 fully saturated rings. The van der Waals surface area contributed by atoms with Gasteiger partial charge in [-0.05, 0) is 31.2 Å². The summed E-state index contributed by atoms with van der Waals surface area (Å²) in [4.78, 5) is 21.1. The number of hydrogen-bond donors (Lipinski definition) is 0. The number of benzene rings is 2. The Morgan fingerprint density at radius 3 is 2.52 bits per heavy atom. The Labute approximate surface area is 188 Å². The Morgan fingerprint density at radius 1 is 1.09 bits per heavy atom. The Kier molecular flexibility index (Phi) is 6.37. The van der Waals surface area contributed by atoms with Crippen molar-refractivity contribution in [2.24, 2.45) is 0 Å². The summed E-state index contributed by atoms with van der Waals surface area (Å²) in [7, 11) is 1.53. The zero-order chi connectivity index (χ0) is 23.6. The fraction of sp³-hybridized carbons (Fsp3) is 0.348. The van der Waals surface area contributed by atoms with Gasteiger partial charge in [0.25, 0.3) is 5.91 Å². The Hall–Kier alpha value is -3.40. The number of carbonyl (C=O) groups excluding carboxylic acids is 1. The third-order valence-corrected chi connectivity index (χ3v) is 5.73. The van der Waals surface area contributed by atoms with Crippen LogP contribution in [0.2, 0.25) is 0 Å². The maximum Gasteiger partial charge on any atom is 0.416 e. The zero-order valence-electron chi connectivity index (χ0n) is 18.2. The summed E-state index contributed by atoms with van der Waals surface area (Å²) in [5.74, 6) is 0.857. The van der Waals surface area contributed by atoms with Crippen molar-refractivity contribution in [3.05, 3.63) is 65.5 Å². The third kappa shape index (κ3) is 4.85. The summed E-state index contributed by atoms with van der Waals surface area (Å²) < 4.78 is 49.6. The monoisotopic (exact) mass is 460 g/mol. The Balaban J connectivity index is 1.41. The highest BCUT2D eigenvalue weighted by Gasteiger charge is 2.32. The van der Waals surface area contributed by atoms with E-state index >= 15 is 0 Å². The van der Waals surface area contributed by atoms with Gasteiger partial charge >= 0.3 is 6.18 Å². The van der Waals surface area contributed by atoms with E-state index in [0.29, 0.717) is 43.4 Å². The normalized spacial score (nSPS) is 16.0. The number of halogens is 3. The first-order valence-corrected chi connectivity index (χ1v) is 10.5. The van der Waals surface area contributed by atoms with Crippen LogP contribution < -0.4 is 4.74 Å². The smallest absolute Gasteiger partial charge is 0.416 e. The summed E-state index contributed by atoms with van der Waals surface area (Å²) in [5.41, 5.74) is -0.0152. The van der Waals surface area contributed by atoms with Crippen molar-refractivity contribution in [2.75, 3.05) is 33.3 Å². The summed E-state index contributed by atoms with van der Waals surface area (Å²) in [6, 6.07) is 11.7. The molecule has 1 aliphatic rings. The molecule has 1 amide bonds. The second kappa shape index (κ2) is 9.22. The molecule has 0 saturated carbocycles. The molecule has 174 valence electrons. The van der Waals surface area contributed by atoms with Crippen LogP contribution in [0.5, 0.6) is 5.75 Å². The zero-order valence-corrected chi connectivity index (χ0v) is 18.2. The molecule has 0 radical (unpaired) electrons. The number of para-hydroxylation sites is 1. The van der Waals surface area contributed by atoms with Crippen molar-refractivity contribution in [3.63, 3.8) is 0 Å². The quantitative estimate of drug-likeness (QED) is 0.566. The first-order valence-electron chi connectivity index (χ1n) is 10.5. The van der Waals surface area contributed by atoms with Crippen LogP contribution in [0.4, 0.5) is 13.2 Å². The van der Waals surface area contributed by atoms with Gasteiger partial charge in [0.2, 0.25) is 11.7 Å². The summed E-state index contributed by atoms with van der Waals surface area (Å²) in [5, 5.41) is 3.87. The third-order valence-electron chi connectivity index (χ3n) is 5.73. The van der Waals surface area contributed by atoms with Gasteiger partial charge in [-0.25, -0.2) is 0 Å². The van der Waals surface area contributed by atoms with Gasteiger partial charge in [-0.1, -0.05) is 29.4 Å². The van der Waals surface area contributed by atoms with E-state index in [4.69, 9.17) is 9.26 Å². The molecule has 1 saturated heterocycles. The summed E-state index contributed by atoms with van der Waals surface area (Å²) >= 11 is 0. The molecule has 2 heterocycles. The lowest BCUT2D eigenvalue weighted by atomic mass is 10.1. The highest BCUT2D eigenvalue weighted by molar-refractivity contribution is 5.97. The van der Waals surface area contributed by atoms with Gasteiger partial charge < -0.3 is 14.2 Å². The van der Waals surface area contributed by atoms with Crippen LogP contribution in [0, 0.1) is 0 Å². The number of aromatic nitrogens is 2. The number of ether oxygens (including phenoxy) is 1. The molecule has 4 rings (SSSR count). The minimum absolute atomic E-state index is 0.0932. The number of alkyl halides is 3. The fourth-order valence-corrected chi connectivity index (χ4v) is 3.82. The van der Waals surface area contributed by atoms with Crippen molar-refractivity contribution >= 4 is 5.91 Å². The van der Waals surface area contributed by atoms with E-state index in [1.54, 1.807) is 23.1 Å². The molecule has 0 unspecified atom stereocenters. The SMILES string of the molecule is COc1ccccc1C(=O)N1CCN([C@H](C)c2nc(-c3cccc(C(F)(F)F)c3)no2)CC1. The van der Waals surface area contributed by atoms with Crippen LogP contribution in [0.15, 0.2) is 53.1 Å². The predicted octanol–water partition coefficient (Wildman–Crippen LogP) is 4.28. The average molecular weight is 460 g/mol. The average Bonchev–Trinajstić information content (AvgIpc) is 3.33. The number of methoxy groups -OCH3 is 1. The molecular formula is C23H23F3N4O3. The van der Waals surface area contributed by atoms with E-state index in [9.17, 15) is 18.0 Å². The van der Waals surface area contributed by atoms with Crippen LogP contribution in [-0.2, 0) is 6.18 Å². The fourth-order valence-electron chi connectivity index (χ4n) is 3.82. The molecule has 0 bridgehead atoms. The molecule has 10 heteroatoms. The molecule has 2 aromatic carbocycles. The number of hydrogen-bond acceptors (Lipinski definition) is 6. The van der Waals surface area contributed by atoms with Crippen molar-refractivity contribution in [1.82, 2.24) is 19.9 Å². The van der Waals surface area contributed by atoms with Crippen LogP contribution in [0.3, 0.4) is 0 Å². The minimum atomic E-state index is -4.45. The summed E-state index contributed by atoms with van der Waals surface area (Å²) in [6.07, 6.45) is -4.45. The minimum Gasteiger partial charge on any atom is -0.496 e. The Bertz CT molecular complexity index is 1120. The second-order valence-electron chi connectivity index (χ2n) is 7.74. The number of piperazine rings is 1. The lowest BCUT2D eigenvalue weighted by Crippen LogP contribution is -2.49. The van der Waals surface area contributed by atoms with Gasteiger partial charge in [0, 0.05) is 31.7 Å². The largest absolute Gasteiger partial charge is 0.496 e. The first-order chi connectivity index (χ1) is 15.8. The molecule has 3 aromatic rings. The Morgan fingerprint density at radius 2 is 1.82 bits per heavy atom. The van der Waals surface area contributed by atoms with Crippen LogP contribution >= 0.6 is 0 Å². The number of nitrogens with zero attached hydrogens (tertiary/aromatic N) is 4. The van der Waals surface area contributed by atoms with E-state index in [1.165, 1.54) is 19.2 Å². The lowest BCUT2D eigenvalue weighted by Gasteiger charge is -2.37. The predicted molar refractivity (Wildman–Crippen MR) is 114 cm³/mol. The molecule has 1 aliphatic heterocycles. The standard InChI is InChI=1S/C23H23F3N4O3/c1-15(21-27-20(28-33-21)16-6-5-7-17(14-16)23(24,25)26)29-10-12-30(13-11-29)22(31)18-8-3-4-9-19(18)32-2/h3-9,14-15H,10-13H2,1-2H3/t15-/m1/s1. The molecule has 0 spiro atoms. The number of carbonyl (C=O) groups is 1. The topological polar surface area (TPSA) is 71.7 Å². The van der Waals surface area contributed by atoms with E-state index < -0.39 is 11.7 Å². The van der Waals surface area contributed by atoms with Crippen molar-refractivity contribution in [1.29, 1.82) is 0 Å². The summed E-state index contributed by atoms with van der Waals surface area (Å²) in [6.45, 7) is 4.08. The molecule has 7 nitrogen and oxygen atoms in total. The van der Waals surface area contributed by atoms with Crippen LogP contribution in [0.1, 0.15) is 34.8 Å². The van der Waals surface area contributed by atoms with E-state index in [0.717, 1.165) is 12.1 Å². The highest BCUT2D eigenvalue weighted by Crippen LogP contribution is 2.32. The highest BCUT2D eigenvalue weighted by atomic mass is 19.4. The van der Waals surface area contributed by atoms with Crippen LogP contribution in [0.25, 0.3) is 11.4 Å². The van der Waals surface area contributed by atoms with E-state index in [2.05, 4.69) is 15.0 Å². The first kappa shape index (κ1) is 22.8. The van der Waals surface area contributed by atoms with Gasteiger partial charge in [0.1, 0.15) is 5.75 Å². The number of rotatable bonds is 5. The van der Waals surface area contributed by atoms with Gasteiger partial charge in [0.05, 0.1) is 24.3 Å². The second-order valence-corrected chi connectivity index (χ2v) is 7.74. The van der Waals surface area contributed by atoms with Gasteiger partial charge in [-0.3, -0.25) is 9.69 Å². The van der Waals surface area contributed by atoms with Gasteiger partial charge in [0.15, 0.2) is 0 Å². The lowest BCUT2D eigenvalue weighted by molar-refractivity contribution is -0.137. The van der Waals surface area contributed by atoms with Crippen molar-refractivity contribution in [2.45, 2.75) is 19.1 Å². The van der Waals surface area contributed by atoms with E-state index in [-0.39, 0.29) is 23.3 Å².